The molecule has 0 aliphatic rings. The van der Waals surface area contributed by atoms with Crippen molar-refractivity contribution in [1.29, 1.82) is 5.26 Å². The van der Waals surface area contributed by atoms with Crippen LogP contribution >= 0.6 is 0 Å². The number of alkyl halides is 3. The molecule has 0 aliphatic heterocycles. The van der Waals surface area contributed by atoms with E-state index in [0.717, 1.165) is 6.20 Å². The fraction of sp³-hybridized carbons (Fsp3) is 0.417. The number of nitrogens with two attached hydrogens (primary N) is 1. The van der Waals surface area contributed by atoms with Crippen LogP contribution in [-0.2, 0) is 11.0 Å². The summed E-state index contributed by atoms with van der Waals surface area (Å²) in [5.74, 6) is -0.956. The number of carbonyl (C=O) groups is 1. The van der Waals surface area contributed by atoms with Crippen molar-refractivity contribution in [3.8, 4) is 6.07 Å². The molecule has 0 spiro atoms. The summed E-state index contributed by atoms with van der Waals surface area (Å²) in [7, 11) is 0. The summed E-state index contributed by atoms with van der Waals surface area (Å²) in [6, 6.07) is 1.87. The fourth-order valence-electron chi connectivity index (χ4n) is 1.17. The van der Waals surface area contributed by atoms with E-state index in [1.54, 1.807) is 0 Å². The summed E-state index contributed by atoms with van der Waals surface area (Å²) in [5, 5.41) is 19.6. The zero-order valence-corrected chi connectivity index (χ0v) is 11.4. The number of nitriles is 1. The smallest absolute Gasteiger partial charge is 0.382 e. The SMILES string of the molecule is CC.N#Cc1ncc(NC(=O)C(O)CN)cc1C(F)(F)F. The maximum absolute atomic E-state index is 12.6. The van der Waals surface area contributed by atoms with Gasteiger partial charge in [-0.25, -0.2) is 4.98 Å². The van der Waals surface area contributed by atoms with E-state index in [0.29, 0.717) is 6.07 Å². The second-order valence-corrected chi connectivity index (χ2v) is 3.47. The summed E-state index contributed by atoms with van der Waals surface area (Å²) >= 11 is 0. The topological polar surface area (TPSA) is 112 Å². The number of hydrogen-bond acceptors (Lipinski definition) is 5. The van der Waals surface area contributed by atoms with Crippen LogP contribution in [0, 0.1) is 11.3 Å². The normalized spacial score (nSPS) is 11.7. The van der Waals surface area contributed by atoms with Gasteiger partial charge in [-0.05, 0) is 6.07 Å². The number of anilines is 1. The molecule has 1 aromatic rings. The molecule has 4 N–H and O–H groups in total. The Morgan fingerprint density at radius 1 is 1.57 bits per heavy atom. The van der Waals surface area contributed by atoms with E-state index in [1.165, 1.54) is 6.07 Å². The highest BCUT2D eigenvalue weighted by Gasteiger charge is 2.35. The van der Waals surface area contributed by atoms with Gasteiger partial charge < -0.3 is 16.2 Å². The molecular formula is C12H15F3N4O2. The van der Waals surface area contributed by atoms with E-state index in [2.05, 4.69) is 4.98 Å². The van der Waals surface area contributed by atoms with Gasteiger partial charge in [0.15, 0.2) is 5.69 Å². The molecule has 6 nitrogen and oxygen atoms in total. The van der Waals surface area contributed by atoms with Gasteiger partial charge in [-0.15, -0.1) is 0 Å². The van der Waals surface area contributed by atoms with E-state index in [4.69, 9.17) is 16.1 Å². The number of halogens is 3. The van der Waals surface area contributed by atoms with Gasteiger partial charge in [-0.2, -0.15) is 18.4 Å². The maximum atomic E-state index is 12.6. The summed E-state index contributed by atoms with van der Waals surface area (Å²) < 4.78 is 37.8. The van der Waals surface area contributed by atoms with Crippen LogP contribution in [0.1, 0.15) is 25.1 Å². The van der Waals surface area contributed by atoms with Crippen LogP contribution in [0.25, 0.3) is 0 Å². The Morgan fingerprint density at radius 3 is 2.57 bits per heavy atom. The molecule has 0 bridgehead atoms. The van der Waals surface area contributed by atoms with Crippen LogP contribution in [0.2, 0.25) is 0 Å². The second kappa shape index (κ2) is 8.18. The molecule has 0 aromatic carbocycles. The van der Waals surface area contributed by atoms with Gasteiger partial charge in [0.25, 0.3) is 5.91 Å². The quantitative estimate of drug-likeness (QED) is 0.778. The number of carbonyl (C=O) groups excluding carboxylic acids is 1. The van der Waals surface area contributed by atoms with Crippen LogP contribution in [0.4, 0.5) is 18.9 Å². The monoisotopic (exact) mass is 304 g/mol. The molecule has 9 heteroatoms. The Morgan fingerprint density at radius 2 is 2.14 bits per heavy atom. The van der Waals surface area contributed by atoms with Crippen LogP contribution in [-0.4, -0.2) is 28.6 Å². The minimum absolute atomic E-state index is 0.288. The molecule has 0 saturated carbocycles. The van der Waals surface area contributed by atoms with Crippen LogP contribution in [0.5, 0.6) is 0 Å². The summed E-state index contributed by atoms with van der Waals surface area (Å²) in [5.41, 5.74) is 2.66. The van der Waals surface area contributed by atoms with Crippen LogP contribution < -0.4 is 11.1 Å². The first-order valence-corrected chi connectivity index (χ1v) is 5.96. The molecule has 116 valence electrons. The van der Waals surface area contributed by atoms with Crippen molar-refractivity contribution in [3.05, 3.63) is 23.5 Å². The molecule has 1 aromatic heterocycles. The lowest BCUT2D eigenvalue weighted by Crippen LogP contribution is -2.34. The largest absolute Gasteiger partial charge is 0.419 e. The number of pyridine rings is 1. The first-order valence-electron chi connectivity index (χ1n) is 5.96. The number of aromatic nitrogens is 1. The molecule has 0 radical (unpaired) electrons. The summed E-state index contributed by atoms with van der Waals surface area (Å²) in [6.45, 7) is 3.63. The average molecular weight is 304 g/mol. The van der Waals surface area contributed by atoms with Crippen LogP contribution in [0.15, 0.2) is 12.3 Å². The zero-order valence-electron chi connectivity index (χ0n) is 11.4. The summed E-state index contributed by atoms with van der Waals surface area (Å²) in [4.78, 5) is 14.5. The number of nitrogens with one attached hydrogen (secondary N) is 1. The number of aliphatic hydroxyl groups is 1. The molecule has 0 fully saturated rings. The van der Waals surface area contributed by atoms with Gasteiger partial charge in [0.05, 0.1) is 17.4 Å². The van der Waals surface area contributed by atoms with Gasteiger partial charge in [0, 0.05) is 6.54 Å². The molecule has 0 saturated heterocycles. The summed E-state index contributed by atoms with van der Waals surface area (Å²) in [6.07, 6.45) is -5.43. The Kier molecular flexibility index (Phi) is 7.33. The van der Waals surface area contributed by atoms with E-state index < -0.39 is 29.4 Å². The Labute approximate surface area is 119 Å². The third-order valence-corrected chi connectivity index (χ3v) is 2.09. The van der Waals surface area contributed by atoms with Crippen molar-refractivity contribution in [3.63, 3.8) is 0 Å². The second-order valence-electron chi connectivity index (χ2n) is 3.47. The van der Waals surface area contributed by atoms with E-state index in [-0.39, 0.29) is 12.2 Å². The third kappa shape index (κ3) is 5.37. The molecule has 1 rings (SSSR count). The van der Waals surface area contributed by atoms with Gasteiger partial charge >= 0.3 is 6.18 Å². The average Bonchev–Trinajstić information content (AvgIpc) is 2.47. The number of aliphatic hydroxyl groups excluding tert-OH is 1. The Hall–Kier alpha value is -2.18. The Balaban J connectivity index is 0.00000191. The van der Waals surface area contributed by atoms with E-state index >= 15 is 0 Å². The van der Waals surface area contributed by atoms with E-state index in [9.17, 15) is 18.0 Å². The van der Waals surface area contributed by atoms with Crippen molar-refractivity contribution >= 4 is 11.6 Å². The highest BCUT2D eigenvalue weighted by molar-refractivity contribution is 5.94. The van der Waals surface area contributed by atoms with E-state index in [1.807, 2.05) is 19.2 Å². The molecule has 1 heterocycles. The van der Waals surface area contributed by atoms with Crippen molar-refractivity contribution in [1.82, 2.24) is 4.98 Å². The third-order valence-electron chi connectivity index (χ3n) is 2.09. The van der Waals surface area contributed by atoms with Gasteiger partial charge in [0.2, 0.25) is 0 Å². The van der Waals surface area contributed by atoms with Gasteiger partial charge in [0.1, 0.15) is 12.2 Å². The molecule has 1 amide bonds. The number of hydrogen-bond donors (Lipinski definition) is 3. The van der Waals surface area contributed by atoms with Crippen molar-refractivity contribution in [2.45, 2.75) is 26.1 Å². The molecule has 1 unspecified atom stereocenters. The maximum Gasteiger partial charge on any atom is 0.419 e. The lowest BCUT2D eigenvalue weighted by atomic mass is 10.2. The number of rotatable bonds is 3. The Bertz CT molecular complexity index is 526. The fourth-order valence-corrected chi connectivity index (χ4v) is 1.17. The van der Waals surface area contributed by atoms with Crippen LogP contribution in [0.3, 0.4) is 0 Å². The predicted octanol–water partition coefficient (Wildman–Crippen LogP) is 1.26. The molecule has 0 aliphatic carbocycles. The minimum atomic E-state index is -4.77. The lowest BCUT2D eigenvalue weighted by Gasteiger charge is -2.12. The number of amides is 1. The lowest BCUT2D eigenvalue weighted by molar-refractivity contribution is -0.138. The zero-order chi connectivity index (χ0) is 16.6. The van der Waals surface area contributed by atoms with Gasteiger partial charge in [-0.3, -0.25) is 4.79 Å². The van der Waals surface area contributed by atoms with Crippen molar-refractivity contribution in [2.24, 2.45) is 5.73 Å². The molecule has 1 atom stereocenters. The number of nitrogens with zero attached hydrogens (tertiary/aromatic N) is 2. The van der Waals surface area contributed by atoms with Gasteiger partial charge in [-0.1, -0.05) is 13.8 Å². The standard InChI is InChI=1S/C10H9F3N4O2.C2H6/c11-10(12,13)6-1-5(4-16-7(6)2-14)17-9(19)8(18)3-15;1-2/h1,4,8,18H,3,15H2,(H,17,19);1-2H3. The minimum Gasteiger partial charge on any atom is -0.382 e. The first kappa shape index (κ1) is 18.8. The molecular weight excluding hydrogens is 289 g/mol. The van der Waals surface area contributed by atoms with Crippen molar-refractivity contribution in [2.75, 3.05) is 11.9 Å². The predicted molar refractivity (Wildman–Crippen MR) is 69.0 cm³/mol. The highest BCUT2D eigenvalue weighted by atomic mass is 19.4. The first-order chi connectivity index (χ1) is 9.79. The van der Waals surface area contributed by atoms with Crippen molar-refractivity contribution < 1.29 is 23.1 Å². The molecule has 21 heavy (non-hydrogen) atoms. The highest BCUT2D eigenvalue weighted by Crippen LogP contribution is 2.32.